The topological polar surface area (TPSA) is 47.6 Å². The molecule has 0 atom stereocenters. The molecule has 0 bridgehead atoms. The average molecular weight is 374 g/mol. The Labute approximate surface area is 160 Å². The number of amides is 1. The van der Waals surface area contributed by atoms with Crippen molar-refractivity contribution in [3.63, 3.8) is 0 Å². The molecular formula is C21H27NO3S. The lowest BCUT2D eigenvalue weighted by Gasteiger charge is -2.10. The van der Waals surface area contributed by atoms with Gasteiger partial charge in [-0.15, -0.1) is 11.8 Å². The van der Waals surface area contributed by atoms with E-state index in [1.54, 1.807) is 18.9 Å². The lowest BCUT2D eigenvalue weighted by molar-refractivity contribution is -0.118. The molecule has 2 aromatic rings. The first-order valence-electron chi connectivity index (χ1n) is 8.76. The van der Waals surface area contributed by atoms with E-state index in [1.807, 2.05) is 37.3 Å². The molecule has 0 saturated heterocycles. The molecule has 1 N–H and O–H groups in total. The number of carbonyl (C=O) groups excluding carboxylic acids is 1. The molecule has 0 spiro atoms. The predicted molar refractivity (Wildman–Crippen MR) is 108 cm³/mol. The fourth-order valence-corrected chi connectivity index (χ4v) is 3.06. The van der Waals surface area contributed by atoms with Crippen molar-refractivity contribution in [3.8, 4) is 11.5 Å². The van der Waals surface area contributed by atoms with E-state index in [4.69, 9.17) is 9.47 Å². The minimum atomic E-state index is 0.0650. The van der Waals surface area contributed by atoms with Crippen LogP contribution in [0.2, 0.25) is 0 Å². The molecule has 2 rings (SSSR count). The van der Waals surface area contributed by atoms with Crippen LogP contribution in [-0.2, 0) is 11.2 Å². The van der Waals surface area contributed by atoms with Crippen molar-refractivity contribution in [2.75, 3.05) is 31.8 Å². The second-order valence-corrected chi connectivity index (χ2v) is 7.22. The number of thioether (sulfide) groups is 1. The van der Waals surface area contributed by atoms with Gasteiger partial charge in [-0.2, -0.15) is 0 Å². The zero-order chi connectivity index (χ0) is 18.8. The molecule has 0 radical (unpaired) electrons. The Bertz CT molecular complexity index is 701. The van der Waals surface area contributed by atoms with Crippen LogP contribution in [0.4, 0.5) is 0 Å². The van der Waals surface area contributed by atoms with Gasteiger partial charge in [0, 0.05) is 12.3 Å². The van der Waals surface area contributed by atoms with E-state index >= 15 is 0 Å². The molecule has 0 unspecified atom stereocenters. The van der Waals surface area contributed by atoms with Gasteiger partial charge in [-0.1, -0.05) is 24.3 Å². The second-order valence-electron chi connectivity index (χ2n) is 6.12. The van der Waals surface area contributed by atoms with Crippen LogP contribution in [0.25, 0.3) is 0 Å². The van der Waals surface area contributed by atoms with Gasteiger partial charge in [0.2, 0.25) is 5.91 Å². The number of aryl methyl sites for hydroxylation is 2. The summed E-state index contributed by atoms with van der Waals surface area (Å²) in [5, 5.41) is 2.95. The molecule has 140 valence electrons. The average Bonchev–Trinajstić information content (AvgIpc) is 2.64. The van der Waals surface area contributed by atoms with Gasteiger partial charge < -0.3 is 14.8 Å². The third-order valence-electron chi connectivity index (χ3n) is 3.96. The van der Waals surface area contributed by atoms with Gasteiger partial charge in [0.05, 0.1) is 19.5 Å². The zero-order valence-electron chi connectivity index (χ0n) is 15.7. The zero-order valence-corrected chi connectivity index (χ0v) is 16.5. The number of rotatable bonds is 10. The maximum Gasteiger partial charge on any atom is 0.230 e. The van der Waals surface area contributed by atoms with Crippen molar-refractivity contribution >= 4 is 17.7 Å². The Morgan fingerprint density at radius 2 is 1.88 bits per heavy atom. The van der Waals surface area contributed by atoms with Crippen LogP contribution in [0.15, 0.2) is 42.5 Å². The van der Waals surface area contributed by atoms with Crippen LogP contribution >= 0.6 is 11.8 Å². The van der Waals surface area contributed by atoms with Gasteiger partial charge in [-0.05, 0) is 55.2 Å². The summed E-state index contributed by atoms with van der Waals surface area (Å²) in [7, 11) is 1.65. The largest absolute Gasteiger partial charge is 0.497 e. The minimum absolute atomic E-state index is 0.0650. The first kappa shape index (κ1) is 20.2. The summed E-state index contributed by atoms with van der Waals surface area (Å²) in [6, 6.07) is 14.1. The van der Waals surface area contributed by atoms with Crippen LogP contribution in [0.3, 0.4) is 0 Å². The summed E-state index contributed by atoms with van der Waals surface area (Å²) in [5.41, 5.74) is 3.51. The fourth-order valence-electron chi connectivity index (χ4n) is 2.43. The monoisotopic (exact) mass is 373 g/mol. The number of carbonyl (C=O) groups is 1. The Hall–Kier alpha value is -2.14. The molecule has 0 aliphatic rings. The molecule has 5 heteroatoms. The molecule has 0 heterocycles. The van der Waals surface area contributed by atoms with E-state index in [0.29, 0.717) is 18.9 Å². The summed E-state index contributed by atoms with van der Waals surface area (Å²) in [6.45, 7) is 5.34. The van der Waals surface area contributed by atoms with Crippen molar-refractivity contribution in [1.29, 1.82) is 0 Å². The number of hydrogen-bond acceptors (Lipinski definition) is 4. The summed E-state index contributed by atoms with van der Waals surface area (Å²) < 4.78 is 10.9. The summed E-state index contributed by atoms with van der Waals surface area (Å²) in [6.07, 6.45) is 0.816. The minimum Gasteiger partial charge on any atom is -0.497 e. The third-order valence-corrected chi connectivity index (χ3v) is 4.88. The smallest absolute Gasteiger partial charge is 0.230 e. The quantitative estimate of drug-likeness (QED) is 0.644. The second kappa shape index (κ2) is 10.8. The van der Waals surface area contributed by atoms with Crippen LogP contribution in [0.1, 0.15) is 16.7 Å². The van der Waals surface area contributed by atoms with Gasteiger partial charge >= 0.3 is 0 Å². The van der Waals surface area contributed by atoms with Crippen LogP contribution in [0, 0.1) is 13.8 Å². The highest BCUT2D eigenvalue weighted by atomic mass is 32.2. The molecule has 0 aromatic heterocycles. The van der Waals surface area contributed by atoms with Gasteiger partial charge in [0.25, 0.3) is 0 Å². The molecule has 0 saturated carbocycles. The van der Waals surface area contributed by atoms with Crippen molar-refractivity contribution in [1.82, 2.24) is 5.32 Å². The highest BCUT2D eigenvalue weighted by Crippen LogP contribution is 2.19. The maximum absolute atomic E-state index is 11.9. The van der Waals surface area contributed by atoms with Gasteiger partial charge in [-0.3, -0.25) is 4.79 Å². The number of nitrogens with one attached hydrogen (secondary N) is 1. The first-order valence-corrected chi connectivity index (χ1v) is 9.91. The number of benzene rings is 2. The fraction of sp³-hybridized carbons (Fsp3) is 0.381. The summed E-state index contributed by atoms with van der Waals surface area (Å²) >= 11 is 1.59. The molecular weight excluding hydrogens is 346 g/mol. The number of methoxy groups -OCH3 is 1. The third kappa shape index (κ3) is 7.00. The van der Waals surface area contributed by atoms with Crippen LogP contribution in [-0.4, -0.2) is 37.7 Å². The van der Waals surface area contributed by atoms with Gasteiger partial charge in [0.1, 0.15) is 11.5 Å². The van der Waals surface area contributed by atoms with Crippen molar-refractivity contribution in [2.24, 2.45) is 0 Å². The summed E-state index contributed by atoms with van der Waals surface area (Å²) in [4.78, 5) is 11.9. The number of ether oxygens (including phenoxy) is 2. The van der Waals surface area contributed by atoms with Crippen molar-refractivity contribution in [3.05, 3.63) is 59.2 Å². The highest BCUT2D eigenvalue weighted by molar-refractivity contribution is 7.99. The molecule has 0 aliphatic carbocycles. The Morgan fingerprint density at radius 3 is 2.62 bits per heavy atom. The van der Waals surface area contributed by atoms with Gasteiger partial charge in [0.15, 0.2) is 0 Å². The molecule has 4 nitrogen and oxygen atoms in total. The van der Waals surface area contributed by atoms with E-state index in [0.717, 1.165) is 29.2 Å². The predicted octanol–water partition coefficient (Wildman–Crippen LogP) is 3.78. The van der Waals surface area contributed by atoms with E-state index in [1.165, 1.54) is 11.1 Å². The van der Waals surface area contributed by atoms with Crippen LogP contribution < -0.4 is 14.8 Å². The lowest BCUT2D eigenvalue weighted by atomic mass is 10.1. The van der Waals surface area contributed by atoms with Crippen molar-refractivity contribution in [2.45, 2.75) is 20.3 Å². The molecule has 26 heavy (non-hydrogen) atoms. The van der Waals surface area contributed by atoms with E-state index in [2.05, 4.69) is 24.4 Å². The summed E-state index contributed by atoms with van der Waals surface area (Å²) in [5.74, 6) is 3.08. The Kier molecular flexibility index (Phi) is 8.35. The molecule has 0 fully saturated rings. The molecule has 0 aliphatic heterocycles. The number of hydrogen-bond donors (Lipinski definition) is 1. The lowest BCUT2D eigenvalue weighted by Crippen LogP contribution is -2.27. The standard InChI is InChI=1S/C21H27NO3S/c1-16-4-5-17(2)20(14-16)25-12-13-26-15-21(23)22-11-10-18-6-8-19(24-3)9-7-18/h4-9,14H,10-13,15H2,1-3H3,(H,22,23). The van der Waals surface area contributed by atoms with Crippen LogP contribution in [0.5, 0.6) is 11.5 Å². The maximum atomic E-state index is 11.9. The Balaban J connectivity index is 1.56. The van der Waals surface area contributed by atoms with Crippen molar-refractivity contribution < 1.29 is 14.3 Å². The van der Waals surface area contributed by atoms with Gasteiger partial charge in [-0.25, -0.2) is 0 Å². The van der Waals surface area contributed by atoms with E-state index in [-0.39, 0.29) is 5.91 Å². The Morgan fingerprint density at radius 1 is 1.12 bits per heavy atom. The molecule has 1 amide bonds. The highest BCUT2D eigenvalue weighted by Gasteiger charge is 2.03. The normalized spacial score (nSPS) is 10.4. The van der Waals surface area contributed by atoms with E-state index in [9.17, 15) is 4.79 Å². The van der Waals surface area contributed by atoms with E-state index < -0.39 is 0 Å². The first-order chi connectivity index (χ1) is 12.6. The SMILES string of the molecule is COc1ccc(CCNC(=O)CSCCOc2cc(C)ccc2C)cc1. The molecule has 2 aromatic carbocycles.